The lowest BCUT2D eigenvalue weighted by molar-refractivity contribution is 0.357. The van der Waals surface area contributed by atoms with Crippen molar-refractivity contribution in [1.29, 1.82) is 0 Å². The maximum Gasteiger partial charge on any atom is 0.346 e. The molecule has 1 fully saturated rings. The van der Waals surface area contributed by atoms with Crippen LogP contribution in [0.5, 0.6) is 0 Å². The number of nitrogens with one attached hydrogen (secondary N) is 1. The number of aromatic nitrogens is 3. The van der Waals surface area contributed by atoms with Gasteiger partial charge in [-0.1, -0.05) is 19.8 Å². The Hall–Kier alpha value is -1.59. The molecule has 2 atom stereocenters. The number of hydrogen-bond donors (Lipinski definition) is 1. The predicted octanol–water partition coefficient (Wildman–Crippen LogP) is 0.470. The van der Waals surface area contributed by atoms with Crippen molar-refractivity contribution in [1.82, 2.24) is 14.3 Å². The third-order valence-corrected chi connectivity index (χ3v) is 3.60. The van der Waals surface area contributed by atoms with Gasteiger partial charge in [-0.05, 0) is 18.8 Å². The van der Waals surface area contributed by atoms with Gasteiger partial charge in [0.25, 0.3) is 5.56 Å². The van der Waals surface area contributed by atoms with Gasteiger partial charge in [0, 0.05) is 20.1 Å². The lowest BCUT2D eigenvalue weighted by atomic mass is 9.87. The van der Waals surface area contributed by atoms with E-state index in [1.807, 2.05) is 0 Å². The molecule has 2 rings (SSSR count). The zero-order valence-electron chi connectivity index (χ0n) is 11.1. The second kappa shape index (κ2) is 4.96. The molecule has 6 heteroatoms. The molecule has 0 bridgehead atoms. The summed E-state index contributed by atoms with van der Waals surface area (Å²) in [4.78, 5) is 23.4. The van der Waals surface area contributed by atoms with Gasteiger partial charge in [0.15, 0.2) is 0 Å². The number of rotatable bonds is 2. The van der Waals surface area contributed by atoms with Crippen molar-refractivity contribution in [3.05, 3.63) is 20.8 Å². The molecule has 0 aromatic carbocycles. The molecule has 0 saturated heterocycles. The van der Waals surface area contributed by atoms with Crippen LogP contribution in [0.2, 0.25) is 0 Å². The van der Waals surface area contributed by atoms with Crippen LogP contribution < -0.4 is 16.6 Å². The largest absolute Gasteiger partial charge is 0.361 e. The van der Waals surface area contributed by atoms with E-state index in [1.165, 1.54) is 24.6 Å². The van der Waals surface area contributed by atoms with Crippen molar-refractivity contribution in [3.8, 4) is 0 Å². The molecule has 1 aliphatic rings. The highest BCUT2D eigenvalue weighted by atomic mass is 16.2. The maximum absolute atomic E-state index is 11.9. The van der Waals surface area contributed by atoms with Crippen LogP contribution in [0.4, 0.5) is 5.82 Å². The van der Waals surface area contributed by atoms with Crippen LogP contribution in [0, 0.1) is 5.92 Å². The minimum Gasteiger partial charge on any atom is -0.361 e. The predicted molar refractivity (Wildman–Crippen MR) is 69.8 cm³/mol. The van der Waals surface area contributed by atoms with E-state index < -0.39 is 5.69 Å². The van der Waals surface area contributed by atoms with Gasteiger partial charge in [0.2, 0.25) is 5.82 Å². The Labute approximate surface area is 106 Å². The monoisotopic (exact) mass is 252 g/mol. The molecule has 0 aliphatic heterocycles. The molecule has 0 radical (unpaired) electrons. The summed E-state index contributed by atoms with van der Waals surface area (Å²) in [6, 6.07) is 0.284. The first-order valence-corrected chi connectivity index (χ1v) is 6.40. The van der Waals surface area contributed by atoms with E-state index in [0.717, 1.165) is 17.4 Å². The number of hydrogen-bond acceptors (Lipinski definition) is 4. The van der Waals surface area contributed by atoms with Gasteiger partial charge >= 0.3 is 5.69 Å². The third kappa shape index (κ3) is 2.47. The molecule has 18 heavy (non-hydrogen) atoms. The van der Waals surface area contributed by atoms with Crippen LogP contribution in [0.1, 0.15) is 32.6 Å². The minimum absolute atomic E-state index is 0.277. The standard InChI is InChI=1S/C12H20N4O2/c1-8-5-4-6-9(7-8)13-10-11(17)15(2)12(18)16(3)14-10/h8-9H,4-7H2,1-3H3,(H,13,14). The van der Waals surface area contributed by atoms with Crippen molar-refractivity contribution in [2.75, 3.05) is 5.32 Å². The van der Waals surface area contributed by atoms with Gasteiger partial charge in [-0.25, -0.2) is 9.48 Å². The van der Waals surface area contributed by atoms with Gasteiger partial charge in [0.1, 0.15) is 0 Å². The van der Waals surface area contributed by atoms with Crippen molar-refractivity contribution in [2.24, 2.45) is 20.0 Å². The topological polar surface area (TPSA) is 68.9 Å². The normalized spacial score (nSPS) is 23.9. The number of aryl methyl sites for hydroxylation is 1. The maximum atomic E-state index is 11.9. The first-order chi connectivity index (χ1) is 8.49. The summed E-state index contributed by atoms with van der Waals surface area (Å²) >= 11 is 0. The average molecular weight is 252 g/mol. The summed E-state index contributed by atoms with van der Waals surface area (Å²) in [6.45, 7) is 2.22. The van der Waals surface area contributed by atoms with Crippen LogP contribution in [0.3, 0.4) is 0 Å². The Morgan fingerprint density at radius 3 is 2.67 bits per heavy atom. The van der Waals surface area contributed by atoms with Crippen LogP contribution >= 0.6 is 0 Å². The van der Waals surface area contributed by atoms with Crippen molar-refractivity contribution in [3.63, 3.8) is 0 Å². The molecule has 0 spiro atoms. The highest BCUT2D eigenvalue weighted by Gasteiger charge is 2.20. The summed E-state index contributed by atoms with van der Waals surface area (Å²) in [7, 11) is 3.03. The average Bonchev–Trinajstić information content (AvgIpc) is 2.33. The Bertz CT molecular complexity index is 546. The van der Waals surface area contributed by atoms with Crippen LogP contribution in [0.15, 0.2) is 9.59 Å². The van der Waals surface area contributed by atoms with Crippen LogP contribution in [-0.2, 0) is 14.1 Å². The molecule has 1 aromatic heterocycles. The van der Waals surface area contributed by atoms with Gasteiger partial charge in [-0.2, -0.15) is 0 Å². The summed E-state index contributed by atoms with van der Waals surface area (Å²) in [5.41, 5.74) is -0.751. The van der Waals surface area contributed by atoms with E-state index in [-0.39, 0.29) is 17.4 Å². The SMILES string of the molecule is CC1CCCC(Nc2nn(C)c(=O)n(C)c2=O)C1. The van der Waals surface area contributed by atoms with Crippen molar-refractivity contribution >= 4 is 5.82 Å². The lowest BCUT2D eigenvalue weighted by Gasteiger charge is -2.27. The Kier molecular flexibility index (Phi) is 3.54. The molecule has 100 valence electrons. The molecule has 6 nitrogen and oxygen atoms in total. The fourth-order valence-corrected chi connectivity index (χ4v) is 2.55. The lowest BCUT2D eigenvalue weighted by Crippen LogP contribution is -2.41. The van der Waals surface area contributed by atoms with Crippen molar-refractivity contribution < 1.29 is 0 Å². The fraction of sp³-hybridized carbons (Fsp3) is 0.750. The van der Waals surface area contributed by atoms with E-state index in [2.05, 4.69) is 17.3 Å². The highest BCUT2D eigenvalue weighted by Crippen LogP contribution is 2.24. The molecular formula is C12H20N4O2. The Morgan fingerprint density at radius 1 is 1.28 bits per heavy atom. The molecule has 0 amide bonds. The number of nitrogens with zero attached hydrogens (tertiary/aromatic N) is 3. The smallest absolute Gasteiger partial charge is 0.346 e. The first-order valence-electron chi connectivity index (χ1n) is 6.40. The zero-order valence-corrected chi connectivity index (χ0v) is 11.1. The summed E-state index contributed by atoms with van der Waals surface area (Å²) < 4.78 is 2.28. The van der Waals surface area contributed by atoms with E-state index in [1.54, 1.807) is 7.05 Å². The Balaban J connectivity index is 2.24. The van der Waals surface area contributed by atoms with E-state index >= 15 is 0 Å². The van der Waals surface area contributed by atoms with E-state index in [9.17, 15) is 9.59 Å². The van der Waals surface area contributed by atoms with Gasteiger partial charge in [-0.3, -0.25) is 9.36 Å². The van der Waals surface area contributed by atoms with E-state index in [4.69, 9.17) is 0 Å². The number of anilines is 1. The highest BCUT2D eigenvalue weighted by molar-refractivity contribution is 5.31. The molecule has 1 N–H and O–H groups in total. The first kappa shape index (κ1) is 12.9. The molecule has 1 saturated carbocycles. The van der Waals surface area contributed by atoms with Crippen molar-refractivity contribution in [2.45, 2.75) is 38.6 Å². The van der Waals surface area contributed by atoms with E-state index in [0.29, 0.717) is 5.92 Å². The molecule has 1 aliphatic carbocycles. The van der Waals surface area contributed by atoms with Gasteiger partial charge in [0.05, 0.1) is 0 Å². The third-order valence-electron chi connectivity index (χ3n) is 3.60. The molecule has 1 heterocycles. The second-order valence-corrected chi connectivity index (χ2v) is 5.23. The van der Waals surface area contributed by atoms with Crippen LogP contribution in [-0.4, -0.2) is 20.4 Å². The fourth-order valence-electron chi connectivity index (χ4n) is 2.55. The zero-order chi connectivity index (χ0) is 13.3. The minimum atomic E-state index is -0.400. The molecule has 1 aromatic rings. The summed E-state index contributed by atoms with van der Waals surface area (Å²) in [5, 5.41) is 7.20. The Morgan fingerprint density at radius 2 is 2.00 bits per heavy atom. The molecule has 2 unspecified atom stereocenters. The molecular weight excluding hydrogens is 232 g/mol. The summed E-state index contributed by atoms with van der Waals surface area (Å²) in [6.07, 6.45) is 4.52. The van der Waals surface area contributed by atoms with Gasteiger partial charge < -0.3 is 5.32 Å². The second-order valence-electron chi connectivity index (χ2n) is 5.23. The quantitative estimate of drug-likeness (QED) is 0.830. The summed E-state index contributed by atoms with van der Waals surface area (Å²) in [5.74, 6) is 0.950. The van der Waals surface area contributed by atoms with Gasteiger partial charge in [-0.15, -0.1) is 5.10 Å². The van der Waals surface area contributed by atoms with Crippen LogP contribution in [0.25, 0.3) is 0 Å².